The van der Waals surface area contributed by atoms with Crippen LogP contribution in [0.25, 0.3) is 0 Å². The maximum absolute atomic E-state index is 13.6. The van der Waals surface area contributed by atoms with E-state index >= 15 is 0 Å². The van der Waals surface area contributed by atoms with Crippen molar-refractivity contribution in [1.29, 1.82) is 0 Å². The molecule has 19 heavy (non-hydrogen) atoms. The Balaban J connectivity index is 2.45. The lowest BCUT2D eigenvalue weighted by Crippen LogP contribution is -2.01. The summed E-state index contributed by atoms with van der Waals surface area (Å²) in [7, 11) is 0. The highest BCUT2D eigenvalue weighted by Gasteiger charge is 2.14. The van der Waals surface area contributed by atoms with Crippen molar-refractivity contribution in [3.8, 4) is 11.5 Å². The van der Waals surface area contributed by atoms with Crippen LogP contribution in [-0.4, -0.2) is 11.1 Å². The van der Waals surface area contributed by atoms with Crippen molar-refractivity contribution in [1.82, 2.24) is 0 Å². The van der Waals surface area contributed by atoms with Crippen molar-refractivity contribution in [2.45, 2.75) is 6.92 Å². The first-order valence-corrected chi connectivity index (χ1v) is 5.54. The SMILES string of the molecule is Cc1ccc(F)c(Oc2cc(N)ccc2C(=O)O)c1. The van der Waals surface area contributed by atoms with Gasteiger partial charge in [-0.05, 0) is 36.8 Å². The number of carboxylic acids is 1. The normalized spacial score (nSPS) is 10.2. The Morgan fingerprint density at radius 1 is 1.21 bits per heavy atom. The third-order valence-electron chi connectivity index (χ3n) is 2.54. The smallest absolute Gasteiger partial charge is 0.339 e. The van der Waals surface area contributed by atoms with E-state index in [0.29, 0.717) is 5.69 Å². The molecule has 5 heteroatoms. The number of ether oxygens (including phenoxy) is 1. The van der Waals surface area contributed by atoms with Gasteiger partial charge < -0.3 is 15.6 Å². The molecule has 3 N–H and O–H groups in total. The Hall–Kier alpha value is -2.56. The lowest BCUT2D eigenvalue weighted by molar-refractivity contribution is 0.0694. The fourth-order valence-electron chi connectivity index (χ4n) is 1.61. The number of halogens is 1. The topological polar surface area (TPSA) is 72.5 Å². The summed E-state index contributed by atoms with van der Waals surface area (Å²) in [6.07, 6.45) is 0. The lowest BCUT2D eigenvalue weighted by Gasteiger charge is -2.10. The number of anilines is 1. The molecule has 0 aliphatic carbocycles. The molecule has 0 saturated heterocycles. The van der Waals surface area contributed by atoms with Crippen LogP contribution in [0, 0.1) is 12.7 Å². The third kappa shape index (κ3) is 2.82. The number of nitrogens with two attached hydrogens (primary N) is 1. The minimum atomic E-state index is -1.16. The molecule has 0 aliphatic heterocycles. The summed E-state index contributed by atoms with van der Waals surface area (Å²) in [4.78, 5) is 11.1. The molecule has 0 amide bonds. The number of rotatable bonds is 3. The Kier molecular flexibility index (Phi) is 3.37. The second-order valence-corrected chi connectivity index (χ2v) is 4.10. The Bertz CT molecular complexity index is 641. The molecule has 0 aliphatic rings. The first kappa shape index (κ1) is 12.9. The standard InChI is InChI=1S/C14H12FNO3/c1-8-2-5-11(15)13(6-8)19-12-7-9(16)3-4-10(12)14(17)18/h2-7H,16H2,1H3,(H,17,18). The van der Waals surface area contributed by atoms with E-state index in [9.17, 15) is 9.18 Å². The van der Waals surface area contributed by atoms with E-state index in [0.717, 1.165) is 5.56 Å². The van der Waals surface area contributed by atoms with Crippen molar-refractivity contribution in [2.75, 3.05) is 5.73 Å². The molecular formula is C14H12FNO3. The van der Waals surface area contributed by atoms with E-state index in [2.05, 4.69) is 0 Å². The molecule has 0 atom stereocenters. The van der Waals surface area contributed by atoms with Gasteiger partial charge in [0.25, 0.3) is 0 Å². The van der Waals surface area contributed by atoms with E-state index in [1.807, 2.05) is 0 Å². The van der Waals surface area contributed by atoms with Crippen molar-refractivity contribution in [3.05, 3.63) is 53.3 Å². The van der Waals surface area contributed by atoms with Gasteiger partial charge in [0.05, 0.1) is 0 Å². The zero-order valence-electron chi connectivity index (χ0n) is 10.2. The molecule has 98 valence electrons. The van der Waals surface area contributed by atoms with Crippen LogP contribution in [-0.2, 0) is 0 Å². The van der Waals surface area contributed by atoms with Gasteiger partial charge in [-0.3, -0.25) is 0 Å². The summed E-state index contributed by atoms with van der Waals surface area (Å²) in [5.74, 6) is -1.75. The molecule has 2 rings (SSSR count). The first-order chi connectivity index (χ1) is 8.97. The predicted molar refractivity (Wildman–Crippen MR) is 69.0 cm³/mol. The van der Waals surface area contributed by atoms with Crippen LogP contribution in [0.5, 0.6) is 11.5 Å². The number of benzene rings is 2. The molecule has 0 bridgehead atoms. The lowest BCUT2D eigenvalue weighted by atomic mass is 10.2. The summed E-state index contributed by atoms with van der Waals surface area (Å²) in [6, 6.07) is 8.47. The van der Waals surface area contributed by atoms with Crippen LogP contribution in [0.15, 0.2) is 36.4 Å². The number of carbonyl (C=O) groups is 1. The number of carboxylic acid groups (broad SMARTS) is 1. The van der Waals surface area contributed by atoms with Gasteiger partial charge >= 0.3 is 5.97 Å². The van der Waals surface area contributed by atoms with E-state index in [-0.39, 0.29) is 17.1 Å². The average molecular weight is 261 g/mol. The van der Waals surface area contributed by atoms with Gasteiger partial charge in [0.15, 0.2) is 11.6 Å². The van der Waals surface area contributed by atoms with Crippen molar-refractivity contribution in [3.63, 3.8) is 0 Å². The molecular weight excluding hydrogens is 249 g/mol. The molecule has 4 nitrogen and oxygen atoms in total. The van der Waals surface area contributed by atoms with E-state index < -0.39 is 11.8 Å². The van der Waals surface area contributed by atoms with Gasteiger partial charge in [-0.1, -0.05) is 6.07 Å². The van der Waals surface area contributed by atoms with Crippen molar-refractivity contribution < 1.29 is 19.0 Å². The molecule has 2 aromatic rings. The molecule has 0 fully saturated rings. The highest BCUT2D eigenvalue weighted by Crippen LogP contribution is 2.29. The largest absolute Gasteiger partial charge is 0.478 e. The van der Waals surface area contributed by atoms with E-state index in [4.69, 9.17) is 15.6 Å². The Morgan fingerprint density at radius 2 is 1.95 bits per heavy atom. The predicted octanol–water partition coefficient (Wildman–Crippen LogP) is 3.21. The van der Waals surface area contributed by atoms with Crippen LogP contribution in [0.4, 0.5) is 10.1 Å². The van der Waals surface area contributed by atoms with Gasteiger partial charge in [0.1, 0.15) is 11.3 Å². The summed E-state index contributed by atoms with van der Waals surface area (Å²) >= 11 is 0. The zero-order chi connectivity index (χ0) is 14.0. The summed E-state index contributed by atoms with van der Waals surface area (Å²) in [5, 5.41) is 9.04. The summed E-state index contributed by atoms with van der Waals surface area (Å²) in [6.45, 7) is 1.78. The van der Waals surface area contributed by atoms with E-state index in [1.165, 1.54) is 30.3 Å². The van der Waals surface area contributed by atoms with Gasteiger partial charge in [-0.25, -0.2) is 9.18 Å². The van der Waals surface area contributed by atoms with Gasteiger partial charge in [-0.2, -0.15) is 0 Å². The molecule has 0 spiro atoms. The quantitative estimate of drug-likeness (QED) is 0.832. The van der Waals surface area contributed by atoms with E-state index in [1.54, 1.807) is 13.0 Å². The number of aryl methyl sites for hydroxylation is 1. The summed E-state index contributed by atoms with van der Waals surface area (Å²) < 4.78 is 18.9. The maximum atomic E-state index is 13.6. The number of hydrogen-bond acceptors (Lipinski definition) is 3. The number of nitrogen functional groups attached to an aromatic ring is 1. The number of aromatic carboxylic acids is 1. The van der Waals surface area contributed by atoms with Crippen LogP contribution >= 0.6 is 0 Å². The second kappa shape index (κ2) is 4.97. The highest BCUT2D eigenvalue weighted by molar-refractivity contribution is 5.91. The number of hydrogen-bond donors (Lipinski definition) is 2. The fraction of sp³-hybridized carbons (Fsp3) is 0.0714. The molecule has 0 heterocycles. The molecule has 0 radical (unpaired) electrons. The maximum Gasteiger partial charge on any atom is 0.339 e. The van der Waals surface area contributed by atoms with Gasteiger partial charge in [-0.15, -0.1) is 0 Å². The third-order valence-corrected chi connectivity index (χ3v) is 2.54. The van der Waals surface area contributed by atoms with Crippen LogP contribution < -0.4 is 10.5 Å². The first-order valence-electron chi connectivity index (χ1n) is 5.54. The van der Waals surface area contributed by atoms with Crippen LogP contribution in [0.1, 0.15) is 15.9 Å². The minimum Gasteiger partial charge on any atom is -0.478 e. The summed E-state index contributed by atoms with van der Waals surface area (Å²) in [5.41, 5.74) is 6.65. The van der Waals surface area contributed by atoms with Gasteiger partial charge in [0.2, 0.25) is 0 Å². The van der Waals surface area contributed by atoms with Crippen LogP contribution in [0.2, 0.25) is 0 Å². The molecule has 2 aromatic carbocycles. The monoisotopic (exact) mass is 261 g/mol. The minimum absolute atomic E-state index is 0.0111. The second-order valence-electron chi connectivity index (χ2n) is 4.10. The molecule has 0 aromatic heterocycles. The molecule has 0 unspecified atom stereocenters. The molecule has 0 saturated carbocycles. The van der Waals surface area contributed by atoms with Crippen molar-refractivity contribution in [2.24, 2.45) is 0 Å². The Labute approximate surface area is 109 Å². The average Bonchev–Trinajstić information content (AvgIpc) is 2.33. The van der Waals surface area contributed by atoms with Crippen molar-refractivity contribution >= 4 is 11.7 Å². The van der Waals surface area contributed by atoms with Gasteiger partial charge in [0, 0.05) is 11.8 Å². The Morgan fingerprint density at radius 3 is 2.63 bits per heavy atom. The zero-order valence-corrected chi connectivity index (χ0v) is 10.2. The van der Waals surface area contributed by atoms with Crippen LogP contribution in [0.3, 0.4) is 0 Å². The highest BCUT2D eigenvalue weighted by atomic mass is 19.1. The fourth-order valence-corrected chi connectivity index (χ4v) is 1.61.